The van der Waals surface area contributed by atoms with Crippen LogP contribution in [0.3, 0.4) is 0 Å². The maximum atomic E-state index is 12.4. The number of nitrogens with zero attached hydrogens (tertiary/aromatic N) is 1. The molecule has 2 rings (SSSR count). The zero-order chi connectivity index (χ0) is 15.6. The van der Waals surface area contributed by atoms with Crippen LogP contribution in [0, 0.1) is 17.3 Å². The Hall–Kier alpha value is -2.12. The van der Waals surface area contributed by atoms with Crippen LogP contribution in [0.1, 0.15) is 44.4 Å². The van der Waals surface area contributed by atoms with Gasteiger partial charge in [0, 0.05) is 12.0 Å². The summed E-state index contributed by atoms with van der Waals surface area (Å²) < 4.78 is 0. The largest absolute Gasteiger partial charge is 0.384 e. The molecule has 0 saturated carbocycles. The zero-order valence-corrected chi connectivity index (χ0v) is 12.5. The number of likely N-dealkylation sites (tertiary alicyclic amines) is 1. The number of aliphatic hydroxyl groups excluding tert-OH is 1. The summed E-state index contributed by atoms with van der Waals surface area (Å²) in [6.07, 6.45) is 0.250. The Bertz CT molecular complexity index is 637. The minimum Gasteiger partial charge on any atom is -0.384 e. The summed E-state index contributed by atoms with van der Waals surface area (Å²) >= 11 is 0. The molecule has 1 aliphatic rings. The van der Waals surface area contributed by atoms with Crippen molar-refractivity contribution in [2.45, 2.75) is 33.2 Å². The molecule has 0 spiro atoms. The van der Waals surface area contributed by atoms with Crippen LogP contribution < -0.4 is 0 Å². The molecular weight excluding hydrogens is 266 g/mol. The molecule has 1 unspecified atom stereocenters. The highest BCUT2D eigenvalue weighted by Gasteiger charge is 2.46. The Kier molecular flexibility index (Phi) is 4.15. The summed E-state index contributed by atoms with van der Waals surface area (Å²) in [4.78, 5) is 25.8. The standard InChI is InChI=1S/C17H19NO3/c1-12(18-15(20)11-17(2,3)16(18)21)14-8-4-6-13(10-14)7-5-9-19/h4,6,8,10,12,19H,9,11H2,1-3H3. The third-order valence-corrected chi connectivity index (χ3v) is 3.73. The van der Waals surface area contributed by atoms with Crippen LogP contribution in [0.25, 0.3) is 0 Å². The highest BCUT2D eigenvalue weighted by Crippen LogP contribution is 2.37. The summed E-state index contributed by atoms with van der Waals surface area (Å²) in [5.41, 5.74) is 0.991. The van der Waals surface area contributed by atoms with E-state index in [4.69, 9.17) is 5.11 Å². The summed E-state index contributed by atoms with van der Waals surface area (Å²) in [5.74, 6) is 5.15. The second-order valence-corrected chi connectivity index (χ2v) is 5.89. The van der Waals surface area contributed by atoms with Crippen LogP contribution >= 0.6 is 0 Å². The van der Waals surface area contributed by atoms with E-state index in [2.05, 4.69) is 11.8 Å². The molecule has 1 aromatic carbocycles. The van der Waals surface area contributed by atoms with Gasteiger partial charge in [-0.05, 0) is 24.6 Å². The molecule has 0 bridgehead atoms. The van der Waals surface area contributed by atoms with Gasteiger partial charge in [0.05, 0.1) is 11.5 Å². The van der Waals surface area contributed by atoms with E-state index in [1.807, 2.05) is 31.2 Å². The van der Waals surface area contributed by atoms with Gasteiger partial charge >= 0.3 is 0 Å². The Morgan fingerprint density at radius 1 is 1.38 bits per heavy atom. The fourth-order valence-corrected chi connectivity index (χ4v) is 2.54. The van der Waals surface area contributed by atoms with Gasteiger partial charge in [0.1, 0.15) is 6.61 Å². The van der Waals surface area contributed by atoms with Crippen molar-refractivity contribution >= 4 is 11.8 Å². The van der Waals surface area contributed by atoms with E-state index in [1.165, 1.54) is 4.90 Å². The monoisotopic (exact) mass is 285 g/mol. The molecule has 1 fully saturated rings. The quantitative estimate of drug-likeness (QED) is 0.666. The van der Waals surface area contributed by atoms with Gasteiger partial charge in [-0.1, -0.05) is 37.8 Å². The minimum atomic E-state index is -0.625. The number of amides is 2. The average molecular weight is 285 g/mol. The lowest BCUT2D eigenvalue weighted by Gasteiger charge is -2.25. The molecule has 0 aromatic heterocycles. The van der Waals surface area contributed by atoms with Crippen molar-refractivity contribution in [1.29, 1.82) is 0 Å². The van der Waals surface area contributed by atoms with Crippen LogP contribution in [0.2, 0.25) is 0 Å². The van der Waals surface area contributed by atoms with E-state index in [9.17, 15) is 9.59 Å². The average Bonchev–Trinajstić information content (AvgIpc) is 2.64. The van der Waals surface area contributed by atoms with E-state index < -0.39 is 5.41 Å². The lowest BCUT2D eigenvalue weighted by molar-refractivity contribution is -0.143. The number of imide groups is 1. The second kappa shape index (κ2) is 5.71. The molecule has 4 heteroatoms. The van der Waals surface area contributed by atoms with Crippen molar-refractivity contribution in [3.05, 3.63) is 35.4 Å². The van der Waals surface area contributed by atoms with Crippen LogP contribution in [-0.2, 0) is 9.59 Å². The van der Waals surface area contributed by atoms with Crippen LogP contribution in [0.15, 0.2) is 24.3 Å². The summed E-state index contributed by atoms with van der Waals surface area (Å²) in [6, 6.07) is 7.07. The predicted molar refractivity (Wildman–Crippen MR) is 79.1 cm³/mol. The lowest BCUT2D eigenvalue weighted by Crippen LogP contribution is -2.35. The van der Waals surface area contributed by atoms with Crippen molar-refractivity contribution in [2.24, 2.45) is 5.41 Å². The molecule has 1 aliphatic heterocycles. The van der Waals surface area contributed by atoms with Gasteiger partial charge in [-0.15, -0.1) is 0 Å². The molecular formula is C17H19NO3. The van der Waals surface area contributed by atoms with Gasteiger partial charge in [-0.2, -0.15) is 0 Å². The lowest BCUT2D eigenvalue weighted by atomic mass is 9.92. The molecule has 110 valence electrons. The maximum absolute atomic E-state index is 12.4. The van der Waals surface area contributed by atoms with Gasteiger partial charge in [-0.3, -0.25) is 14.5 Å². The topological polar surface area (TPSA) is 57.6 Å². The molecule has 21 heavy (non-hydrogen) atoms. The predicted octanol–water partition coefficient (Wildman–Crippen LogP) is 1.88. The first-order chi connectivity index (χ1) is 9.86. The SMILES string of the molecule is CC(c1cccc(C#CCO)c1)N1C(=O)CC(C)(C)C1=O. The van der Waals surface area contributed by atoms with Crippen molar-refractivity contribution < 1.29 is 14.7 Å². The third-order valence-electron chi connectivity index (χ3n) is 3.73. The summed E-state index contributed by atoms with van der Waals surface area (Å²) in [5, 5.41) is 8.73. The molecule has 0 radical (unpaired) electrons. The summed E-state index contributed by atoms with van der Waals surface area (Å²) in [7, 11) is 0. The normalized spacial score (nSPS) is 18.4. The molecule has 2 amide bonds. The van der Waals surface area contributed by atoms with E-state index >= 15 is 0 Å². The Balaban J connectivity index is 2.30. The number of hydrogen-bond acceptors (Lipinski definition) is 3. The van der Waals surface area contributed by atoms with E-state index in [0.717, 1.165) is 11.1 Å². The molecule has 1 aromatic rings. The second-order valence-electron chi connectivity index (χ2n) is 5.89. The first-order valence-corrected chi connectivity index (χ1v) is 6.93. The Morgan fingerprint density at radius 3 is 2.67 bits per heavy atom. The first kappa shape index (κ1) is 15.3. The maximum Gasteiger partial charge on any atom is 0.235 e. The van der Waals surface area contributed by atoms with E-state index in [0.29, 0.717) is 0 Å². The highest BCUT2D eigenvalue weighted by atomic mass is 16.2. The van der Waals surface area contributed by atoms with Gasteiger partial charge in [-0.25, -0.2) is 0 Å². The molecule has 0 aliphatic carbocycles. The number of carbonyl (C=O) groups is 2. The molecule has 1 saturated heterocycles. The van der Waals surface area contributed by atoms with Gasteiger partial charge in [0.25, 0.3) is 0 Å². The van der Waals surface area contributed by atoms with Gasteiger partial charge < -0.3 is 5.11 Å². The number of aliphatic hydroxyl groups is 1. The zero-order valence-electron chi connectivity index (χ0n) is 12.5. The number of benzene rings is 1. The minimum absolute atomic E-state index is 0.133. The van der Waals surface area contributed by atoms with Gasteiger partial charge in [0.15, 0.2) is 0 Å². The molecule has 4 nitrogen and oxygen atoms in total. The smallest absolute Gasteiger partial charge is 0.235 e. The molecule has 1 N–H and O–H groups in total. The third kappa shape index (κ3) is 2.98. The highest BCUT2D eigenvalue weighted by molar-refractivity contribution is 6.05. The Labute approximate surface area is 124 Å². The van der Waals surface area contributed by atoms with E-state index in [-0.39, 0.29) is 30.9 Å². The van der Waals surface area contributed by atoms with Crippen molar-refractivity contribution in [2.75, 3.05) is 6.61 Å². The molecule has 1 heterocycles. The van der Waals surface area contributed by atoms with Crippen molar-refractivity contribution in [1.82, 2.24) is 4.90 Å². The van der Waals surface area contributed by atoms with Crippen molar-refractivity contribution in [3.63, 3.8) is 0 Å². The number of rotatable bonds is 2. The van der Waals surface area contributed by atoms with E-state index in [1.54, 1.807) is 13.8 Å². The summed E-state index contributed by atoms with van der Waals surface area (Å²) in [6.45, 7) is 5.24. The van der Waals surface area contributed by atoms with Crippen molar-refractivity contribution in [3.8, 4) is 11.8 Å². The van der Waals surface area contributed by atoms with Crippen LogP contribution in [-0.4, -0.2) is 28.4 Å². The first-order valence-electron chi connectivity index (χ1n) is 6.93. The Morgan fingerprint density at radius 2 is 2.10 bits per heavy atom. The fourth-order valence-electron chi connectivity index (χ4n) is 2.54. The van der Waals surface area contributed by atoms with Crippen LogP contribution in [0.5, 0.6) is 0 Å². The molecule has 1 atom stereocenters. The fraction of sp³-hybridized carbons (Fsp3) is 0.412. The number of carbonyl (C=O) groups excluding carboxylic acids is 2. The van der Waals surface area contributed by atoms with Crippen LogP contribution in [0.4, 0.5) is 0 Å². The van der Waals surface area contributed by atoms with Gasteiger partial charge in [0.2, 0.25) is 11.8 Å². The number of hydrogen-bond donors (Lipinski definition) is 1.